The van der Waals surface area contributed by atoms with Gasteiger partial charge in [-0.25, -0.2) is 0 Å². The highest BCUT2D eigenvalue weighted by Gasteiger charge is 2.10. The standard InChI is InChI=1S/C21H24N2O4S/c1-15-4-10-18(11-5-15)28-13-12-20(25)27-14-19(24)22-17-8-6-16(7-9-17)21(26)23(2)3/h4-11H,12-14H2,1-3H3,(H,22,24). The van der Waals surface area contributed by atoms with Crippen LogP contribution in [0.3, 0.4) is 0 Å². The molecule has 0 bridgehead atoms. The summed E-state index contributed by atoms with van der Waals surface area (Å²) >= 11 is 1.57. The Hall–Kier alpha value is -2.80. The zero-order valence-electron chi connectivity index (χ0n) is 16.2. The van der Waals surface area contributed by atoms with Crippen LogP contribution in [0, 0.1) is 6.92 Å². The van der Waals surface area contributed by atoms with Crippen molar-refractivity contribution >= 4 is 35.2 Å². The van der Waals surface area contributed by atoms with E-state index in [9.17, 15) is 14.4 Å². The highest BCUT2D eigenvalue weighted by molar-refractivity contribution is 7.99. The summed E-state index contributed by atoms with van der Waals surface area (Å²) in [6, 6.07) is 14.6. The third kappa shape index (κ3) is 7.08. The molecule has 2 rings (SSSR count). The van der Waals surface area contributed by atoms with Crippen LogP contribution in [0.25, 0.3) is 0 Å². The molecule has 2 aromatic rings. The van der Waals surface area contributed by atoms with Crippen LogP contribution in [-0.4, -0.2) is 49.1 Å². The van der Waals surface area contributed by atoms with Crippen molar-refractivity contribution in [2.75, 3.05) is 31.8 Å². The number of ether oxygens (including phenoxy) is 1. The lowest BCUT2D eigenvalue weighted by Gasteiger charge is -2.11. The van der Waals surface area contributed by atoms with Crippen LogP contribution < -0.4 is 5.32 Å². The van der Waals surface area contributed by atoms with E-state index < -0.39 is 11.9 Å². The molecule has 0 atom stereocenters. The first-order chi connectivity index (χ1) is 13.3. The van der Waals surface area contributed by atoms with Gasteiger partial charge in [0.25, 0.3) is 11.8 Å². The Morgan fingerprint density at radius 2 is 1.64 bits per heavy atom. The number of rotatable bonds is 8. The molecule has 0 aliphatic carbocycles. The Bertz CT molecular complexity index is 817. The van der Waals surface area contributed by atoms with Gasteiger partial charge in [0.15, 0.2) is 6.61 Å². The van der Waals surface area contributed by atoms with Gasteiger partial charge in [0.05, 0.1) is 6.42 Å². The summed E-state index contributed by atoms with van der Waals surface area (Å²) in [5, 5.41) is 2.63. The predicted molar refractivity (Wildman–Crippen MR) is 111 cm³/mol. The van der Waals surface area contributed by atoms with E-state index in [0.29, 0.717) is 17.0 Å². The molecule has 0 saturated heterocycles. The molecule has 0 aliphatic rings. The van der Waals surface area contributed by atoms with Crippen LogP contribution in [0.2, 0.25) is 0 Å². The Morgan fingerprint density at radius 3 is 2.25 bits per heavy atom. The maximum Gasteiger partial charge on any atom is 0.307 e. The van der Waals surface area contributed by atoms with Crippen molar-refractivity contribution in [2.24, 2.45) is 0 Å². The average Bonchev–Trinajstić information content (AvgIpc) is 2.68. The molecule has 0 spiro atoms. The van der Waals surface area contributed by atoms with Crippen LogP contribution >= 0.6 is 11.8 Å². The van der Waals surface area contributed by atoms with Crippen molar-refractivity contribution in [2.45, 2.75) is 18.2 Å². The first-order valence-electron chi connectivity index (χ1n) is 8.82. The fourth-order valence-electron chi connectivity index (χ4n) is 2.26. The zero-order valence-corrected chi connectivity index (χ0v) is 17.0. The molecule has 0 aliphatic heterocycles. The van der Waals surface area contributed by atoms with Gasteiger partial charge in [-0.05, 0) is 43.3 Å². The van der Waals surface area contributed by atoms with Crippen LogP contribution in [0.5, 0.6) is 0 Å². The molecule has 0 radical (unpaired) electrons. The number of hydrogen-bond donors (Lipinski definition) is 1. The molecule has 0 unspecified atom stereocenters. The maximum atomic E-state index is 11.9. The number of anilines is 1. The monoisotopic (exact) mass is 400 g/mol. The molecule has 2 aromatic carbocycles. The van der Waals surface area contributed by atoms with E-state index in [1.54, 1.807) is 50.1 Å². The smallest absolute Gasteiger partial charge is 0.307 e. The van der Waals surface area contributed by atoms with Gasteiger partial charge in [-0.3, -0.25) is 14.4 Å². The van der Waals surface area contributed by atoms with Gasteiger partial charge in [-0.15, -0.1) is 11.8 Å². The van der Waals surface area contributed by atoms with Crippen molar-refractivity contribution in [1.82, 2.24) is 4.90 Å². The highest BCUT2D eigenvalue weighted by Crippen LogP contribution is 2.19. The molecule has 0 aromatic heterocycles. The van der Waals surface area contributed by atoms with E-state index in [4.69, 9.17) is 4.74 Å². The van der Waals surface area contributed by atoms with Crippen molar-refractivity contribution in [3.8, 4) is 0 Å². The number of aryl methyl sites for hydroxylation is 1. The third-order valence-electron chi connectivity index (χ3n) is 3.78. The molecule has 148 valence electrons. The second-order valence-corrected chi connectivity index (χ2v) is 7.57. The summed E-state index contributed by atoms with van der Waals surface area (Å²) in [4.78, 5) is 38.1. The van der Waals surface area contributed by atoms with E-state index in [1.807, 2.05) is 31.2 Å². The van der Waals surface area contributed by atoms with Crippen molar-refractivity contribution in [3.63, 3.8) is 0 Å². The van der Waals surface area contributed by atoms with Gasteiger partial charge in [0.2, 0.25) is 0 Å². The van der Waals surface area contributed by atoms with E-state index in [-0.39, 0.29) is 18.9 Å². The summed E-state index contributed by atoms with van der Waals surface area (Å²) in [6.45, 7) is 1.68. The minimum Gasteiger partial charge on any atom is -0.456 e. The molecule has 0 fully saturated rings. The molecule has 2 amide bonds. The normalized spacial score (nSPS) is 10.2. The van der Waals surface area contributed by atoms with Crippen molar-refractivity contribution in [3.05, 3.63) is 59.7 Å². The number of hydrogen-bond acceptors (Lipinski definition) is 5. The third-order valence-corrected chi connectivity index (χ3v) is 4.80. The number of nitrogens with zero attached hydrogens (tertiary/aromatic N) is 1. The number of amides is 2. The second-order valence-electron chi connectivity index (χ2n) is 6.40. The van der Waals surface area contributed by atoms with E-state index in [1.165, 1.54) is 10.5 Å². The molecule has 0 heterocycles. The Morgan fingerprint density at radius 1 is 1.00 bits per heavy atom. The zero-order chi connectivity index (χ0) is 20.5. The summed E-state index contributed by atoms with van der Waals surface area (Å²) in [5.41, 5.74) is 2.25. The lowest BCUT2D eigenvalue weighted by molar-refractivity contribution is -0.146. The lowest BCUT2D eigenvalue weighted by atomic mass is 10.2. The average molecular weight is 401 g/mol. The van der Waals surface area contributed by atoms with Gasteiger partial charge in [0, 0.05) is 36.0 Å². The Balaban J connectivity index is 1.69. The number of esters is 1. The minimum absolute atomic E-state index is 0.115. The van der Waals surface area contributed by atoms with Crippen LogP contribution in [0.1, 0.15) is 22.3 Å². The number of nitrogens with one attached hydrogen (secondary N) is 1. The van der Waals surface area contributed by atoms with E-state index in [0.717, 1.165) is 4.90 Å². The van der Waals surface area contributed by atoms with Crippen LogP contribution in [0.15, 0.2) is 53.4 Å². The van der Waals surface area contributed by atoms with Gasteiger partial charge in [-0.2, -0.15) is 0 Å². The molecule has 1 N–H and O–H groups in total. The van der Waals surface area contributed by atoms with Gasteiger partial charge >= 0.3 is 5.97 Å². The SMILES string of the molecule is Cc1ccc(SCCC(=O)OCC(=O)Nc2ccc(C(=O)N(C)C)cc2)cc1. The molecule has 7 heteroatoms. The molecule has 0 saturated carbocycles. The summed E-state index contributed by atoms with van der Waals surface area (Å²) in [6.07, 6.45) is 0.229. The quantitative estimate of drug-likeness (QED) is 0.543. The number of thioether (sulfide) groups is 1. The fourth-order valence-corrected chi connectivity index (χ4v) is 3.09. The van der Waals surface area contributed by atoms with E-state index in [2.05, 4.69) is 5.32 Å². The largest absolute Gasteiger partial charge is 0.456 e. The van der Waals surface area contributed by atoms with Crippen LogP contribution in [-0.2, 0) is 14.3 Å². The summed E-state index contributed by atoms with van der Waals surface area (Å²) < 4.78 is 5.00. The molecular weight excluding hydrogens is 376 g/mol. The Labute approximate surface area is 169 Å². The predicted octanol–water partition coefficient (Wildman–Crippen LogP) is 3.36. The minimum atomic E-state index is -0.425. The first-order valence-corrected chi connectivity index (χ1v) is 9.80. The van der Waals surface area contributed by atoms with Gasteiger partial charge in [0.1, 0.15) is 0 Å². The second kappa shape index (κ2) is 10.5. The maximum absolute atomic E-state index is 11.9. The molecule has 6 nitrogen and oxygen atoms in total. The fraction of sp³-hybridized carbons (Fsp3) is 0.286. The van der Waals surface area contributed by atoms with Gasteiger partial charge < -0.3 is 15.0 Å². The summed E-state index contributed by atoms with van der Waals surface area (Å²) in [7, 11) is 3.34. The number of carbonyl (C=O) groups excluding carboxylic acids is 3. The van der Waals surface area contributed by atoms with Gasteiger partial charge in [-0.1, -0.05) is 17.7 Å². The van der Waals surface area contributed by atoms with Crippen molar-refractivity contribution < 1.29 is 19.1 Å². The lowest BCUT2D eigenvalue weighted by Crippen LogP contribution is -2.22. The number of carbonyl (C=O) groups is 3. The molecule has 28 heavy (non-hydrogen) atoms. The van der Waals surface area contributed by atoms with Crippen LogP contribution in [0.4, 0.5) is 5.69 Å². The number of benzene rings is 2. The molecular formula is C21H24N2O4S. The summed E-state index contributed by atoms with van der Waals surface area (Å²) in [5.74, 6) is -0.367. The highest BCUT2D eigenvalue weighted by atomic mass is 32.2. The van der Waals surface area contributed by atoms with E-state index >= 15 is 0 Å². The first kappa shape index (κ1) is 21.5. The topological polar surface area (TPSA) is 75.7 Å². The van der Waals surface area contributed by atoms with Crippen molar-refractivity contribution in [1.29, 1.82) is 0 Å². The Kier molecular flexibility index (Phi) is 8.07.